The van der Waals surface area contributed by atoms with Crippen molar-refractivity contribution in [3.8, 4) is 5.75 Å². The molecule has 0 saturated carbocycles. The molecule has 3 heterocycles. The molecule has 17 heteroatoms. The smallest absolute Gasteiger partial charge is 0.325 e. The van der Waals surface area contributed by atoms with Gasteiger partial charge in [-0.15, -0.1) is 0 Å². The summed E-state index contributed by atoms with van der Waals surface area (Å²) in [6, 6.07) is 1.76. The largest absolute Gasteiger partial charge is 0.508 e. The van der Waals surface area contributed by atoms with Crippen LogP contribution in [0.3, 0.4) is 0 Å². The number of carbonyl (C=O) groups excluding carboxylic acids is 6. The molecule has 78 heavy (non-hydrogen) atoms. The molecule has 2 saturated heterocycles. The van der Waals surface area contributed by atoms with E-state index in [0.29, 0.717) is 75.3 Å². The molecule has 9 N–H and O–H groups in total. The summed E-state index contributed by atoms with van der Waals surface area (Å²) in [4.78, 5) is 81.8. The number of nitrogens with zero attached hydrogens (tertiary/aromatic N) is 1. The number of phenolic OH excluding ortho intramolecular Hbond substituents is 1. The molecule has 17 nitrogen and oxygen atoms in total. The topological polar surface area (TPSA) is 264 Å². The van der Waals surface area contributed by atoms with Crippen LogP contribution in [-0.2, 0) is 39.9 Å². The minimum absolute atomic E-state index is 0.0162. The van der Waals surface area contributed by atoms with Crippen LogP contribution in [0.1, 0.15) is 157 Å². The number of hydrogen-bond acceptors (Lipinski definition) is 13. The summed E-state index contributed by atoms with van der Waals surface area (Å²) < 4.78 is 6.21. The number of aliphatic hydroxyl groups excluding tert-OH is 3. The zero-order valence-corrected chi connectivity index (χ0v) is 48.4. The van der Waals surface area contributed by atoms with Crippen LogP contribution in [0.5, 0.6) is 5.75 Å². The Bertz CT molecular complexity index is 2300. The number of phenols is 1. The third kappa shape index (κ3) is 18.7. The highest BCUT2D eigenvalue weighted by atomic mass is 16.5. The zero-order chi connectivity index (χ0) is 58.0. The normalized spacial score (nSPS) is 30.4. The van der Waals surface area contributed by atoms with Gasteiger partial charge in [-0.05, 0) is 131 Å². The fraction of sp³-hybridized carbons (Fsp3) is 0.672. The van der Waals surface area contributed by atoms with Gasteiger partial charge in [0.1, 0.15) is 41.5 Å². The Morgan fingerprint density at radius 2 is 1.62 bits per heavy atom. The van der Waals surface area contributed by atoms with Crippen LogP contribution in [-0.4, -0.2) is 121 Å². The molecule has 4 rings (SSSR count). The van der Waals surface area contributed by atoms with E-state index < -0.39 is 95.6 Å². The van der Waals surface area contributed by atoms with Crippen molar-refractivity contribution < 1.29 is 59.0 Å². The predicted octanol–water partition coefficient (Wildman–Crippen LogP) is 6.73. The minimum atomic E-state index is -1.52. The lowest BCUT2D eigenvalue weighted by Crippen LogP contribution is -2.65. The first-order valence-electron chi connectivity index (χ1n) is 28.7. The lowest BCUT2D eigenvalue weighted by Gasteiger charge is -2.47. The number of carbonyl (C=O) groups is 6. The highest BCUT2D eigenvalue weighted by Crippen LogP contribution is 2.38. The van der Waals surface area contributed by atoms with Crippen LogP contribution in [0.25, 0.3) is 0 Å². The van der Waals surface area contributed by atoms with Crippen molar-refractivity contribution in [2.45, 2.75) is 208 Å². The first kappa shape index (κ1) is 65.3. The highest BCUT2D eigenvalue weighted by molar-refractivity contribution is 5.93. The monoisotopic (exact) mass is 1090 g/mol. The number of aryl methyl sites for hydroxylation is 1. The number of rotatable bonds is 19. The molecule has 436 valence electrons. The molecular formula is C61H95N5O12. The van der Waals surface area contributed by atoms with E-state index in [1.54, 1.807) is 39.8 Å². The molecule has 1 aromatic rings. The summed E-state index contributed by atoms with van der Waals surface area (Å²) in [7, 11) is 0. The van der Waals surface area contributed by atoms with Crippen LogP contribution in [0.15, 0.2) is 66.3 Å². The molecule has 0 radical (unpaired) electrons. The molecule has 0 aliphatic carbocycles. The molecular weight excluding hydrogens is 995 g/mol. The second-order valence-corrected chi connectivity index (χ2v) is 23.3. The Morgan fingerprint density at radius 3 is 2.27 bits per heavy atom. The average molecular weight is 1090 g/mol. The quantitative estimate of drug-likeness (QED) is 0.0515. The summed E-state index contributed by atoms with van der Waals surface area (Å²) in [5.41, 5.74) is 3.50. The average Bonchev–Trinajstić information content (AvgIpc) is 3.40. The number of nitrogens with one attached hydrogen (secondary N) is 4. The number of aromatic hydroxyl groups is 1. The van der Waals surface area contributed by atoms with Gasteiger partial charge in [0.2, 0.25) is 17.7 Å². The van der Waals surface area contributed by atoms with Gasteiger partial charge in [0.25, 0.3) is 5.91 Å². The van der Waals surface area contributed by atoms with Crippen LogP contribution in [0.4, 0.5) is 0 Å². The van der Waals surface area contributed by atoms with Crippen molar-refractivity contribution in [1.82, 2.24) is 26.4 Å². The van der Waals surface area contributed by atoms with Crippen molar-refractivity contribution >= 4 is 35.4 Å². The summed E-state index contributed by atoms with van der Waals surface area (Å²) >= 11 is 0. The van der Waals surface area contributed by atoms with Crippen molar-refractivity contribution in [2.24, 2.45) is 47.3 Å². The third-order valence-corrected chi connectivity index (χ3v) is 16.7. The number of ether oxygens (including phenoxy) is 1. The van der Waals surface area contributed by atoms with E-state index in [9.17, 15) is 54.3 Å². The van der Waals surface area contributed by atoms with Crippen LogP contribution >= 0.6 is 0 Å². The summed E-state index contributed by atoms with van der Waals surface area (Å²) in [5.74, 6) is -5.82. The fourth-order valence-corrected chi connectivity index (χ4v) is 10.8. The Hall–Kier alpha value is -5.20. The molecule has 2 fully saturated rings. The molecule has 1 aromatic carbocycles. The Kier molecular flexibility index (Phi) is 25.9. The van der Waals surface area contributed by atoms with E-state index >= 15 is 0 Å². The second-order valence-electron chi connectivity index (χ2n) is 23.3. The van der Waals surface area contributed by atoms with Gasteiger partial charge in [-0.2, -0.15) is 0 Å². The van der Waals surface area contributed by atoms with Gasteiger partial charge in [-0.25, -0.2) is 5.43 Å². The SMILES string of the molecule is CCC1C[C@H](C)[C@@](O)(C(C)C(O)C(C)CCC(O)C(C)CC/C=C/C=C(\C)[C@@H]2C/C=C/C=C/CC(C)C(O)C(CCC(C)=O)C(=O)NC(C(C)C)C(=O)NC(Cc3ccc(C)c(O)c3)C(=O)N3CCCC(N3)C(=O)O2)NC1=O. The van der Waals surface area contributed by atoms with Crippen molar-refractivity contribution in [3.63, 3.8) is 0 Å². The first-order chi connectivity index (χ1) is 36.8. The van der Waals surface area contributed by atoms with E-state index in [-0.39, 0.29) is 66.9 Å². The number of esters is 1. The van der Waals surface area contributed by atoms with Crippen molar-refractivity contribution in [3.05, 3.63) is 77.4 Å². The Morgan fingerprint density at radius 1 is 0.923 bits per heavy atom. The predicted molar refractivity (Wildman–Crippen MR) is 301 cm³/mol. The van der Waals surface area contributed by atoms with E-state index in [2.05, 4.69) is 21.4 Å². The maximum absolute atomic E-state index is 14.6. The van der Waals surface area contributed by atoms with Crippen LogP contribution in [0, 0.1) is 54.3 Å². The second kappa shape index (κ2) is 31.0. The van der Waals surface area contributed by atoms with Crippen molar-refractivity contribution in [2.75, 3.05) is 6.54 Å². The minimum Gasteiger partial charge on any atom is -0.508 e. The fourth-order valence-electron chi connectivity index (χ4n) is 10.8. The molecule has 3 aliphatic heterocycles. The summed E-state index contributed by atoms with van der Waals surface area (Å²) in [6.07, 6.45) is 15.0. The molecule has 15 atom stereocenters. The zero-order valence-electron chi connectivity index (χ0n) is 48.4. The van der Waals surface area contributed by atoms with Gasteiger partial charge >= 0.3 is 5.97 Å². The number of allylic oxidation sites excluding steroid dienone is 6. The van der Waals surface area contributed by atoms with Gasteiger partial charge in [0.05, 0.1) is 24.2 Å². The van der Waals surface area contributed by atoms with Crippen molar-refractivity contribution in [1.29, 1.82) is 0 Å². The summed E-state index contributed by atoms with van der Waals surface area (Å²) in [6.45, 7) is 20.1. The molecule has 3 aliphatic rings. The standard InChI is InChI=1S/C61H95N5O12/c1-12-46-33-42(9)61(77,64-56(46)72)44(11)54(70)41(8)27-31-50(68)37(4)21-17-15-18-22-39(6)52-25-19-14-13-16-23-40(7)55(71)47(30-28-43(10)67)57(73)63-53(36(2)3)58(74)62-49(34-45-29-26-38(5)51(69)35-45)59(75)66-32-20-24-48(65-66)60(76)78-52/h13-16,18-19,22,26,29,35-37,40-42,44,46-50,52-55,65,68-71,77H,12,17,20-21,23-25,27-28,30-34H2,1-11H3,(H,62,74)(H,63,73)(H,64,72)/b16-13+,18-15+,19-14+,39-22+/t37?,40?,41?,42-,44?,46?,47?,48?,49?,50?,52-,53?,54?,55?,61+/m0/s1. The van der Waals surface area contributed by atoms with Gasteiger partial charge < -0.3 is 51.0 Å². The number of piperidine rings is 1. The van der Waals surface area contributed by atoms with E-state index in [1.165, 1.54) is 18.0 Å². The number of aliphatic hydroxyl groups is 4. The number of amides is 4. The highest BCUT2D eigenvalue weighted by Gasteiger charge is 2.49. The number of hydrazine groups is 1. The number of benzene rings is 1. The maximum Gasteiger partial charge on any atom is 0.325 e. The molecule has 4 amide bonds. The number of cyclic esters (lactones) is 1. The van der Waals surface area contributed by atoms with Gasteiger partial charge in [0.15, 0.2) is 0 Å². The number of hydrogen-bond donors (Lipinski definition) is 9. The molecule has 12 unspecified atom stereocenters. The van der Waals surface area contributed by atoms with E-state index in [0.717, 1.165) is 5.57 Å². The number of fused-ring (bicyclic) bond motifs is 2. The molecule has 0 spiro atoms. The third-order valence-electron chi connectivity index (χ3n) is 16.7. The lowest BCUT2D eigenvalue weighted by molar-refractivity contribution is -0.170. The van der Waals surface area contributed by atoms with E-state index in [4.69, 9.17) is 4.74 Å². The molecule has 0 aromatic heterocycles. The molecule has 2 bridgehead atoms. The number of Topliss-reactive ketones (excluding diaryl/α,β-unsaturated/α-hetero) is 1. The van der Waals surface area contributed by atoms with Crippen LogP contribution in [0.2, 0.25) is 0 Å². The van der Waals surface area contributed by atoms with E-state index in [1.807, 2.05) is 84.1 Å². The van der Waals surface area contributed by atoms with Gasteiger partial charge in [-0.3, -0.25) is 29.0 Å². The summed E-state index contributed by atoms with van der Waals surface area (Å²) in [5, 5.41) is 66.0. The lowest BCUT2D eigenvalue weighted by atomic mass is 9.72. The van der Waals surface area contributed by atoms with Gasteiger partial charge in [0, 0.05) is 43.6 Å². The Labute approximate surface area is 464 Å². The first-order valence-corrected chi connectivity index (χ1v) is 28.7. The number of ketones is 1. The van der Waals surface area contributed by atoms with Gasteiger partial charge in [-0.1, -0.05) is 110 Å². The van der Waals surface area contributed by atoms with Crippen LogP contribution < -0.4 is 21.4 Å². The Balaban J connectivity index is 1.51. The maximum atomic E-state index is 14.6.